The van der Waals surface area contributed by atoms with Crippen LogP contribution in [-0.4, -0.2) is 27.4 Å². The summed E-state index contributed by atoms with van der Waals surface area (Å²) in [6, 6.07) is 14.9. The van der Waals surface area contributed by atoms with Gasteiger partial charge in [0.25, 0.3) is 5.91 Å². The minimum atomic E-state index is -0.355. The Bertz CT molecular complexity index is 1020. The van der Waals surface area contributed by atoms with E-state index in [4.69, 9.17) is 4.98 Å². The molecule has 0 fully saturated rings. The van der Waals surface area contributed by atoms with Crippen LogP contribution in [0, 0.1) is 6.92 Å². The predicted octanol–water partition coefficient (Wildman–Crippen LogP) is 3.75. The minimum Gasteiger partial charge on any atom is -0.352 e. The summed E-state index contributed by atoms with van der Waals surface area (Å²) in [5.74, 6) is 0.427. The van der Waals surface area contributed by atoms with Crippen LogP contribution in [0.25, 0.3) is 11.0 Å². The molecule has 2 atom stereocenters. The van der Waals surface area contributed by atoms with Crippen molar-refractivity contribution in [2.24, 2.45) is 0 Å². The Morgan fingerprint density at radius 3 is 2.55 bits per heavy atom. The minimum absolute atomic E-state index is 0.0686. The standard InChI is InChI=1S/C23H28N4O2/c1-5-16(3)24-21(28)14-27-20-12-7-6-11-19(20)26-22(27)17(4)25-23(29)18-10-8-9-15(2)13-18/h6-13,16-17H,5,14H2,1-4H3,(H,24,28)(H,25,29). The molecule has 1 heterocycles. The van der Waals surface area contributed by atoms with Crippen LogP contribution in [-0.2, 0) is 11.3 Å². The van der Waals surface area contributed by atoms with E-state index >= 15 is 0 Å². The largest absolute Gasteiger partial charge is 0.352 e. The van der Waals surface area contributed by atoms with Crippen molar-refractivity contribution in [2.75, 3.05) is 0 Å². The molecule has 0 aliphatic heterocycles. The van der Waals surface area contributed by atoms with Gasteiger partial charge in [-0.1, -0.05) is 36.8 Å². The summed E-state index contributed by atoms with van der Waals surface area (Å²) in [6.07, 6.45) is 0.867. The van der Waals surface area contributed by atoms with Gasteiger partial charge < -0.3 is 15.2 Å². The number of nitrogens with one attached hydrogen (secondary N) is 2. The molecule has 2 aromatic carbocycles. The first-order valence-corrected chi connectivity index (χ1v) is 10.0. The molecule has 2 N–H and O–H groups in total. The van der Waals surface area contributed by atoms with Crippen LogP contribution < -0.4 is 10.6 Å². The SMILES string of the molecule is CCC(C)NC(=O)Cn1c(C(C)NC(=O)c2cccc(C)c2)nc2ccccc21. The lowest BCUT2D eigenvalue weighted by atomic mass is 10.1. The van der Waals surface area contributed by atoms with Crippen LogP contribution in [0.15, 0.2) is 48.5 Å². The second-order valence-corrected chi connectivity index (χ2v) is 7.49. The number of para-hydroxylation sites is 2. The second-order valence-electron chi connectivity index (χ2n) is 7.49. The predicted molar refractivity (Wildman–Crippen MR) is 115 cm³/mol. The highest BCUT2D eigenvalue weighted by molar-refractivity contribution is 5.94. The number of imidazole rings is 1. The zero-order chi connectivity index (χ0) is 21.0. The van der Waals surface area contributed by atoms with Crippen molar-refractivity contribution in [1.29, 1.82) is 0 Å². The maximum atomic E-state index is 12.7. The molecule has 3 aromatic rings. The Morgan fingerprint density at radius 2 is 1.83 bits per heavy atom. The quantitative estimate of drug-likeness (QED) is 0.643. The van der Waals surface area contributed by atoms with Gasteiger partial charge in [0.2, 0.25) is 5.91 Å². The molecule has 0 saturated heterocycles. The van der Waals surface area contributed by atoms with E-state index in [1.807, 2.05) is 74.7 Å². The molecule has 2 amide bonds. The topological polar surface area (TPSA) is 76.0 Å². The van der Waals surface area contributed by atoms with Gasteiger partial charge in [-0.3, -0.25) is 9.59 Å². The Balaban J connectivity index is 1.87. The third-order valence-electron chi connectivity index (χ3n) is 5.02. The Labute approximate surface area is 171 Å². The van der Waals surface area contributed by atoms with Crippen molar-refractivity contribution in [3.05, 3.63) is 65.5 Å². The van der Waals surface area contributed by atoms with Crippen molar-refractivity contribution < 1.29 is 9.59 Å². The average Bonchev–Trinajstić information content (AvgIpc) is 3.06. The number of carbonyl (C=O) groups excluding carboxylic acids is 2. The fourth-order valence-corrected chi connectivity index (χ4v) is 3.29. The lowest BCUT2D eigenvalue weighted by Gasteiger charge is -2.17. The van der Waals surface area contributed by atoms with Gasteiger partial charge in [-0.25, -0.2) is 4.98 Å². The highest BCUT2D eigenvalue weighted by atomic mass is 16.2. The van der Waals surface area contributed by atoms with Crippen LogP contribution >= 0.6 is 0 Å². The van der Waals surface area contributed by atoms with E-state index in [0.29, 0.717) is 11.4 Å². The molecule has 152 valence electrons. The molecule has 1 aromatic heterocycles. The maximum Gasteiger partial charge on any atom is 0.251 e. The van der Waals surface area contributed by atoms with E-state index in [0.717, 1.165) is 23.0 Å². The van der Waals surface area contributed by atoms with E-state index < -0.39 is 0 Å². The number of amides is 2. The maximum absolute atomic E-state index is 12.7. The molecule has 0 aliphatic carbocycles. The smallest absolute Gasteiger partial charge is 0.251 e. The summed E-state index contributed by atoms with van der Waals surface area (Å²) in [6.45, 7) is 8.01. The molecular weight excluding hydrogens is 364 g/mol. The molecule has 0 bridgehead atoms. The van der Waals surface area contributed by atoms with Crippen LogP contribution in [0.4, 0.5) is 0 Å². The van der Waals surface area contributed by atoms with Gasteiger partial charge in [0.1, 0.15) is 12.4 Å². The van der Waals surface area contributed by atoms with Crippen LogP contribution in [0.2, 0.25) is 0 Å². The summed E-state index contributed by atoms with van der Waals surface area (Å²) >= 11 is 0. The monoisotopic (exact) mass is 392 g/mol. The van der Waals surface area contributed by atoms with Crippen molar-refractivity contribution in [1.82, 2.24) is 20.2 Å². The fourth-order valence-electron chi connectivity index (χ4n) is 3.29. The van der Waals surface area contributed by atoms with Crippen molar-refractivity contribution in [3.8, 4) is 0 Å². The van der Waals surface area contributed by atoms with Crippen LogP contribution in [0.1, 0.15) is 55.0 Å². The summed E-state index contributed by atoms with van der Waals surface area (Å²) < 4.78 is 1.88. The van der Waals surface area contributed by atoms with Gasteiger partial charge in [0.05, 0.1) is 17.1 Å². The highest BCUT2D eigenvalue weighted by Gasteiger charge is 2.21. The van der Waals surface area contributed by atoms with E-state index in [1.54, 1.807) is 6.07 Å². The average molecular weight is 393 g/mol. The molecule has 29 heavy (non-hydrogen) atoms. The number of aryl methyl sites for hydroxylation is 1. The Morgan fingerprint density at radius 1 is 1.07 bits per heavy atom. The number of nitrogens with zero attached hydrogens (tertiary/aromatic N) is 2. The van der Waals surface area contributed by atoms with E-state index in [2.05, 4.69) is 10.6 Å². The van der Waals surface area contributed by atoms with Crippen molar-refractivity contribution in [2.45, 2.75) is 52.7 Å². The van der Waals surface area contributed by atoms with Crippen molar-refractivity contribution >= 4 is 22.8 Å². The number of rotatable bonds is 7. The lowest BCUT2D eigenvalue weighted by Crippen LogP contribution is -2.36. The van der Waals surface area contributed by atoms with Crippen molar-refractivity contribution in [3.63, 3.8) is 0 Å². The Kier molecular flexibility index (Phi) is 6.32. The number of hydrogen-bond acceptors (Lipinski definition) is 3. The molecule has 0 saturated carbocycles. The van der Waals surface area contributed by atoms with E-state index in [1.165, 1.54) is 0 Å². The second kappa shape index (κ2) is 8.90. The fraction of sp³-hybridized carbons (Fsp3) is 0.348. The Hall–Kier alpha value is -3.15. The van der Waals surface area contributed by atoms with E-state index in [-0.39, 0.29) is 30.4 Å². The normalized spacial score (nSPS) is 13.1. The molecule has 2 unspecified atom stereocenters. The number of benzene rings is 2. The zero-order valence-electron chi connectivity index (χ0n) is 17.4. The van der Waals surface area contributed by atoms with E-state index in [9.17, 15) is 9.59 Å². The first kappa shape index (κ1) is 20.6. The van der Waals surface area contributed by atoms with Gasteiger partial charge in [0.15, 0.2) is 0 Å². The van der Waals surface area contributed by atoms with Gasteiger partial charge >= 0.3 is 0 Å². The molecular formula is C23H28N4O2. The zero-order valence-corrected chi connectivity index (χ0v) is 17.4. The molecule has 3 rings (SSSR count). The number of hydrogen-bond donors (Lipinski definition) is 2. The third kappa shape index (κ3) is 4.83. The summed E-state index contributed by atoms with van der Waals surface area (Å²) in [4.78, 5) is 29.9. The summed E-state index contributed by atoms with van der Waals surface area (Å²) in [5.41, 5.74) is 3.31. The molecule has 6 heteroatoms. The lowest BCUT2D eigenvalue weighted by molar-refractivity contribution is -0.122. The summed E-state index contributed by atoms with van der Waals surface area (Å²) in [5, 5.41) is 6.01. The van der Waals surface area contributed by atoms with Gasteiger partial charge in [-0.2, -0.15) is 0 Å². The number of carbonyl (C=O) groups is 2. The number of aromatic nitrogens is 2. The van der Waals surface area contributed by atoms with Gasteiger partial charge in [0, 0.05) is 11.6 Å². The summed E-state index contributed by atoms with van der Waals surface area (Å²) in [7, 11) is 0. The van der Waals surface area contributed by atoms with Crippen LogP contribution in [0.5, 0.6) is 0 Å². The molecule has 0 spiro atoms. The van der Waals surface area contributed by atoms with Crippen LogP contribution in [0.3, 0.4) is 0 Å². The molecule has 0 radical (unpaired) electrons. The van der Waals surface area contributed by atoms with Gasteiger partial charge in [-0.05, 0) is 51.5 Å². The third-order valence-corrected chi connectivity index (χ3v) is 5.02. The molecule has 6 nitrogen and oxygen atoms in total. The van der Waals surface area contributed by atoms with Gasteiger partial charge in [-0.15, -0.1) is 0 Å². The number of fused-ring (bicyclic) bond motifs is 1. The first-order chi connectivity index (χ1) is 13.9. The first-order valence-electron chi connectivity index (χ1n) is 10.0. The highest BCUT2D eigenvalue weighted by Crippen LogP contribution is 2.21. The molecule has 0 aliphatic rings.